The van der Waals surface area contributed by atoms with Crippen molar-refractivity contribution in [3.8, 4) is 0 Å². The molecular formula is C12H18ClN3O3. The molecule has 6 nitrogen and oxygen atoms in total. The predicted octanol–water partition coefficient (Wildman–Crippen LogP) is 0.253. The maximum absolute atomic E-state index is 11.8. The van der Waals surface area contributed by atoms with Crippen molar-refractivity contribution in [1.82, 2.24) is 15.5 Å². The zero-order valence-electron chi connectivity index (χ0n) is 10.6. The summed E-state index contributed by atoms with van der Waals surface area (Å²) in [5.74, 6) is 0.0639. The van der Waals surface area contributed by atoms with Gasteiger partial charge in [-0.15, -0.1) is 12.4 Å². The zero-order chi connectivity index (χ0) is 12.8. The van der Waals surface area contributed by atoms with Crippen LogP contribution in [0.3, 0.4) is 0 Å². The molecule has 1 aromatic rings. The van der Waals surface area contributed by atoms with Gasteiger partial charge in [0.15, 0.2) is 5.76 Å². The molecule has 1 fully saturated rings. The van der Waals surface area contributed by atoms with Crippen LogP contribution in [0.25, 0.3) is 0 Å². The molecular weight excluding hydrogens is 270 g/mol. The second-order valence-electron chi connectivity index (χ2n) is 4.11. The highest BCUT2D eigenvalue weighted by atomic mass is 35.5. The molecule has 0 atom stereocenters. The first-order valence-corrected chi connectivity index (χ1v) is 6.07. The molecule has 0 aromatic carbocycles. The van der Waals surface area contributed by atoms with Gasteiger partial charge in [0.2, 0.25) is 5.91 Å². The number of nitrogens with one attached hydrogen (secondary N) is 2. The maximum atomic E-state index is 11.8. The van der Waals surface area contributed by atoms with E-state index in [0.29, 0.717) is 13.0 Å². The Kier molecular flexibility index (Phi) is 6.38. The second kappa shape index (κ2) is 7.81. The quantitative estimate of drug-likeness (QED) is 0.833. The van der Waals surface area contributed by atoms with Gasteiger partial charge < -0.3 is 20.0 Å². The number of furan rings is 1. The number of piperazine rings is 1. The van der Waals surface area contributed by atoms with Gasteiger partial charge in [0, 0.05) is 39.1 Å². The summed E-state index contributed by atoms with van der Waals surface area (Å²) >= 11 is 0. The van der Waals surface area contributed by atoms with Gasteiger partial charge in [0.25, 0.3) is 5.91 Å². The van der Waals surface area contributed by atoms with E-state index in [2.05, 4.69) is 10.6 Å². The fraction of sp³-hybridized carbons (Fsp3) is 0.500. The van der Waals surface area contributed by atoms with Crippen molar-refractivity contribution in [1.29, 1.82) is 0 Å². The summed E-state index contributed by atoms with van der Waals surface area (Å²) in [4.78, 5) is 25.1. The van der Waals surface area contributed by atoms with E-state index in [4.69, 9.17) is 4.42 Å². The lowest BCUT2D eigenvalue weighted by Crippen LogP contribution is -2.47. The normalized spacial score (nSPS) is 14.6. The largest absolute Gasteiger partial charge is 0.459 e. The Morgan fingerprint density at radius 3 is 2.74 bits per heavy atom. The molecule has 0 saturated carbocycles. The minimum Gasteiger partial charge on any atom is -0.459 e. The number of hydrogen-bond donors (Lipinski definition) is 2. The van der Waals surface area contributed by atoms with Crippen molar-refractivity contribution >= 4 is 24.2 Å². The van der Waals surface area contributed by atoms with Gasteiger partial charge >= 0.3 is 0 Å². The predicted molar refractivity (Wildman–Crippen MR) is 72.4 cm³/mol. The van der Waals surface area contributed by atoms with E-state index in [9.17, 15) is 9.59 Å². The van der Waals surface area contributed by atoms with Crippen molar-refractivity contribution in [3.05, 3.63) is 24.2 Å². The van der Waals surface area contributed by atoms with Crippen LogP contribution in [-0.4, -0.2) is 49.4 Å². The summed E-state index contributed by atoms with van der Waals surface area (Å²) in [6.07, 6.45) is 1.77. The summed E-state index contributed by atoms with van der Waals surface area (Å²) in [5.41, 5.74) is 0. The number of rotatable bonds is 4. The van der Waals surface area contributed by atoms with Gasteiger partial charge in [-0.3, -0.25) is 9.59 Å². The first kappa shape index (κ1) is 15.5. The molecule has 106 valence electrons. The molecule has 0 bridgehead atoms. The second-order valence-corrected chi connectivity index (χ2v) is 4.11. The average Bonchev–Trinajstić information content (AvgIpc) is 2.93. The number of nitrogens with zero attached hydrogens (tertiary/aromatic N) is 1. The van der Waals surface area contributed by atoms with Crippen molar-refractivity contribution in [3.63, 3.8) is 0 Å². The number of carbonyl (C=O) groups excluding carboxylic acids is 2. The fourth-order valence-corrected chi connectivity index (χ4v) is 1.85. The molecule has 1 aliphatic rings. The summed E-state index contributed by atoms with van der Waals surface area (Å²) in [6, 6.07) is 3.24. The van der Waals surface area contributed by atoms with E-state index in [1.54, 1.807) is 12.1 Å². The minimum atomic E-state index is -0.284. The molecule has 1 aliphatic heterocycles. The van der Waals surface area contributed by atoms with Crippen LogP contribution in [0, 0.1) is 0 Å². The molecule has 1 saturated heterocycles. The number of amides is 2. The molecule has 0 aliphatic carbocycles. The Hall–Kier alpha value is -1.53. The Bertz CT molecular complexity index is 402. The number of carbonyl (C=O) groups is 2. The fourth-order valence-electron chi connectivity index (χ4n) is 1.85. The Morgan fingerprint density at radius 1 is 1.37 bits per heavy atom. The van der Waals surface area contributed by atoms with E-state index in [1.807, 2.05) is 4.90 Å². The number of halogens is 1. The van der Waals surface area contributed by atoms with Gasteiger partial charge in [-0.2, -0.15) is 0 Å². The highest BCUT2D eigenvalue weighted by Crippen LogP contribution is 2.00. The standard InChI is InChI=1S/C12H17N3O3.ClH/c16-11(15-7-5-13-6-8-15)3-4-14-12(17)10-2-1-9-18-10;/h1-2,9,13H,3-8H2,(H,14,17);1H. The third kappa shape index (κ3) is 4.57. The molecule has 2 N–H and O–H groups in total. The zero-order valence-corrected chi connectivity index (χ0v) is 11.4. The van der Waals surface area contributed by atoms with Crippen LogP contribution in [0.4, 0.5) is 0 Å². The van der Waals surface area contributed by atoms with E-state index in [1.165, 1.54) is 6.26 Å². The van der Waals surface area contributed by atoms with Gasteiger partial charge in [0.05, 0.1) is 6.26 Å². The molecule has 0 radical (unpaired) electrons. The molecule has 0 spiro atoms. The van der Waals surface area contributed by atoms with E-state index >= 15 is 0 Å². The van der Waals surface area contributed by atoms with Gasteiger partial charge in [-0.05, 0) is 12.1 Å². The first-order valence-electron chi connectivity index (χ1n) is 6.07. The van der Waals surface area contributed by atoms with E-state index < -0.39 is 0 Å². The minimum absolute atomic E-state index is 0. The van der Waals surface area contributed by atoms with Crippen LogP contribution in [0.1, 0.15) is 17.0 Å². The Morgan fingerprint density at radius 2 is 2.11 bits per heavy atom. The lowest BCUT2D eigenvalue weighted by Gasteiger charge is -2.27. The summed E-state index contributed by atoms with van der Waals surface area (Å²) in [6.45, 7) is 3.49. The average molecular weight is 288 g/mol. The first-order chi connectivity index (χ1) is 8.77. The van der Waals surface area contributed by atoms with E-state index in [0.717, 1.165) is 26.2 Å². The van der Waals surface area contributed by atoms with Crippen molar-refractivity contribution in [2.24, 2.45) is 0 Å². The maximum Gasteiger partial charge on any atom is 0.286 e. The Labute approximate surface area is 117 Å². The lowest BCUT2D eigenvalue weighted by atomic mass is 10.3. The van der Waals surface area contributed by atoms with Crippen molar-refractivity contribution in [2.45, 2.75) is 6.42 Å². The van der Waals surface area contributed by atoms with Gasteiger partial charge in [-0.25, -0.2) is 0 Å². The summed E-state index contributed by atoms with van der Waals surface area (Å²) in [7, 11) is 0. The smallest absolute Gasteiger partial charge is 0.286 e. The molecule has 19 heavy (non-hydrogen) atoms. The van der Waals surface area contributed by atoms with Crippen LogP contribution >= 0.6 is 12.4 Å². The van der Waals surface area contributed by atoms with Crippen molar-refractivity contribution < 1.29 is 14.0 Å². The van der Waals surface area contributed by atoms with Gasteiger partial charge in [0.1, 0.15) is 0 Å². The van der Waals surface area contributed by atoms with Crippen LogP contribution in [0.2, 0.25) is 0 Å². The third-order valence-electron chi connectivity index (χ3n) is 2.84. The molecule has 0 unspecified atom stereocenters. The Balaban J connectivity index is 0.00000180. The van der Waals surface area contributed by atoms with Crippen LogP contribution in [0.5, 0.6) is 0 Å². The van der Waals surface area contributed by atoms with Crippen LogP contribution in [-0.2, 0) is 4.79 Å². The topological polar surface area (TPSA) is 74.6 Å². The highest BCUT2D eigenvalue weighted by Gasteiger charge is 2.16. The summed E-state index contributed by atoms with van der Waals surface area (Å²) < 4.78 is 4.95. The van der Waals surface area contributed by atoms with Gasteiger partial charge in [-0.1, -0.05) is 0 Å². The van der Waals surface area contributed by atoms with E-state index in [-0.39, 0.29) is 30.0 Å². The molecule has 7 heteroatoms. The van der Waals surface area contributed by atoms with Crippen LogP contribution in [0.15, 0.2) is 22.8 Å². The molecule has 1 aromatic heterocycles. The monoisotopic (exact) mass is 287 g/mol. The molecule has 2 heterocycles. The third-order valence-corrected chi connectivity index (χ3v) is 2.84. The molecule has 2 amide bonds. The van der Waals surface area contributed by atoms with Crippen LogP contribution < -0.4 is 10.6 Å². The lowest BCUT2D eigenvalue weighted by molar-refractivity contribution is -0.131. The molecule has 2 rings (SSSR count). The summed E-state index contributed by atoms with van der Waals surface area (Å²) in [5, 5.41) is 5.85. The SMILES string of the molecule is Cl.O=C(NCCC(=O)N1CCNCC1)c1ccco1. The van der Waals surface area contributed by atoms with Crippen molar-refractivity contribution in [2.75, 3.05) is 32.7 Å². The number of hydrogen-bond acceptors (Lipinski definition) is 4. The highest BCUT2D eigenvalue weighted by molar-refractivity contribution is 5.91.